The minimum Gasteiger partial charge on any atom is -0.346 e. The van der Waals surface area contributed by atoms with Crippen molar-refractivity contribution in [1.82, 2.24) is 30.3 Å². The number of carbonyl (C=O) groups is 1. The van der Waals surface area contributed by atoms with Gasteiger partial charge in [0.05, 0.1) is 11.7 Å². The van der Waals surface area contributed by atoms with Crippen molar-refractivity contribution in [3.63, 3.8) is 0 Å². The highest BCUT2D eigenvalue weighted by molar-refractivity contribution is 5.76. The third-order valence-electron chi connectivity index (χ3n) is 3.82. The minimum atomic E-state index is -0.149. The topological polar surface area (TPSA) is 88.5 Å². The molecule has 0 saturated heterocycles. The van der Waals surface area contributed by atoms with Crippen molar-refractivity contribution < 1.29 is 4.79 Å². The Morgan fingerprint density at radius 3 is 2.86 bits per heavy atom. The lowest BCUT2D eigenvalue weighted by Gasteiger charge is -2.14. The van der Waals surface area contributed by atoms with E-state index in [2.05, 4.69) is 32.6 Å². The smallest absolute Gasteiger partial charge is 0.220 e. The molecule has 2 N–H and O–H groups in total. The van der Waals surface area contributed by atoms with Gasteiger partial charge in [-0.25, -0.2) is 0 Å². The standard InChI is InChI=1S/C15H24N6O/c1-5-8-21-9-16-20-15(21)12(4)17-14(22)7-6-13-10(2)11(3)18-19-13/h9,12H,5-8H2,1-4H3,(H,17,22)(H,18,19). The Bertz CT molecular complexity index is 630. The lowest BCUT2D eigenvalue weighted by atomic mass is 10.1. The molecule has 1 atom stereocenters. The molecule has 0 radical (unpaired) electrons. The number of hydrogen-bond acceptors (Lipinski definition) is 4. The SMILES string of the molecule is CCCn1cnnc1C(C)NC(=O)CCc1n[nH]c(C)c1C. The molecule has 7 nitrogen and oxygen atoms in total. The number of hydrogen-bond donors (Lipinski definition) is 2. The van der Waals surface area contributed by atoms with E-state index < -0.39 is 0 Å². The molecule has 2 aromatic rings. The first-order chi connectivity index (χ1) is 10.5. The van der Waals surface area contributed by atoms with Crippen LogP contribution in [0.15, 0.2) is 6.33 Å². The number of aromatic amines is 1. The molecule has 0 spiro atoms. The fourth-order valence-corrected chi connectivity index (χ4v) is 2.40. The third kappa shape index (κ3) is 3.72. The molecule has 2 rings (SSSR count). The van der Waals surface area contributed by atoms with Crippen LogP contribution in [0.3, 0.4) is 0 Å². The van der Waals surface area contributed by atoms with Crippen LogP contribution in [0, 0.1) is 13.8 Å². The van der Waals surface area contributed by atoms with Gasteiger partial charge in [-0.15, -0.1) is 10.2 Å². The summed E-state index contributed by atoms with van der Waals surface area (Å²) in [5, 5.41) is 18.2. The molecule has 7 heteroatoms. The quantitative estimate of drug-likeness (QED) is 0.817. The largest absolute Gasteiger partial charge is 0.346 e. The fraction of sp³-hybridized carbons (Fsp3) is 0.600. The van der Waals surface area contributed by atoms with Crippen LogP contribution in [0.2, 0.25) is 0 Å². The van der Waals surface area contributed by atoms with Crippen molar-refractivity contribution in [1.29, 1.82) is 0 Å². The molecule has 120 valence electrons. The second-order valence-corrected chi connectivity index (χ2v) is 5.59. The predicted octanol–water partition coefficient (Wildman–Crippen LogP) is 1.84. The molecule has 1 amide bonds. The van der Waals surface area contributed by atoms with Crippen molar-refractivity contribution in [3.05, 3.63) is 29.1 Å². The lowest BCUT2D eigenvalue weighted by molar-refractivity contribution is -0.121. The molecular formula is C15H24N6O. The zero-order valence-corrected chi connectivity index (χ0v) is 13.7. The number of aromatic nitrogens is 5. The zero-order valence-electron chi connectivity index (χ0n) is 13.7. The maximum atomic E-state index is 12.1. The van der Waals surface area contributed by atoms with Crippen LogP contribution in [-0.2, 0) is 17.8 Å². The van der Waals surface area contributed by atoms with Crippen molar-refractivity contribution in [3.8, 4) is 0 Å². The van der Waals surface area contributed by atoms with Gasteiger partial charge in [-0.05, 0) is 32.8 Å². The monoisotopic (exact) mass is 304 g/mol. The number of H-pyrrole nitrogens is 1. The molecule has 0 aromatic carbocycles. The van der Waals surface area contributed by atoms with Crippen molar-refractivity contribution in [2.45, 2.75) is 59.5 Å². The second kappa shape index (κ2) is 7.20. The lowest BCUT2D eigenvalue weighted by Crippen LogP contribution is -2.29. The van der Waals surface area contributed by atoms with Gasteiger partial charge in [-0.2, -0.15) is 5.10 Å². The molecule has 22 heavy (non-hydrogen) atoms. The van der Waals surface area contributed by atoms with E-state index in [4.69, 9.17) is 0 Å². The summed E-state index contributed by atoms with van der Waals surface area (Å²) in [6.07, 6.45) is 3.76. The molecule has 2 heterocycles. The Morgan fingerprint density at radius 2 is 2.23 bits per heavy atom. The van der Waals surface area contributed by atoms with Crippen molar-refractivity contribution in [2.75, 3.05) is 0 Å². The van der Waals surface area contributed by atoms with Crippen molar-refractivity contribution in [2.24, 2.45) is 0 Å². The van der Waals surface area contributed by atoms with Gasteiger partial charge in [-0.1, -0.05) is 6.92 Å². The van der Waals surface area contributed by atoms with E-state index in [9.17, 15) is 4.79 Å². The Kier molecular flexibility index (Phi) is 5.30. The molecule has 0 aliphatic rings. The number of aryl methyl sites for hydroxylation is 3. The molecule has 0 aliphatic carbocycles. The van der Waals surface area contributed by atoms with Crippen LogP contribution in [0.25, 0.3) is 0 Å². The summed E-state index contributed by atoms with van der Waals surface area (Å²) in [5.74, 6) is 0.792. The number of carbonyl (C=O) groups excluding carboxylic acids is 1. The van der Waals surface area contributed by atoms with Crippen LogP contribution in [0.4, 0.5) is 0 Å². The van der Waals surface area contributed by atoms with Gasteiger partial charge in [0.1, 0.15) is 6.33 Å². The van der Waals surface area contributed by atoms with Gasteiger partial charge >= 0.3 is 0 Å². The number of nitrogens with zero attached hydrogens (tertiary/aromatic N) is 4. The van der Waals surface area contributed by atoms with Crippen LogP contribution in [-0.4, -0.2) is 30.9 Å². The summed E-state index contributed by atoms with van der Waals surface area (Å²) in [4.78, 5) is 12.1. The van der Waals surface area contributed by atoms with E-state index in [0.29, 0.717) is 12.8 Å². The Morgan fingerprint density at radius 1 is 1.45 bits per heavy atom. The Hall–Kier alpha value is -2.18. The normalized spacial score (nSPS) is 12.4. The van der Waals surface area contributed by atoms with E-state index in [1.165, 1.54) is 0 Å². The van der Waals surface area contributed by atoms with Crippen LogP contribution in [0.1, 0.15) is 55.5 Å². The molecule has 2 aromatic heterocycles. The van der Waals surface area contributed by atoms with Gasteiger partial charge < -0.3 is 9.88 Å². The van der Waals surface area contributed by atoms with E-state index in [-0.39, 0.29) is 11.9 Å². The minimum absolute atomic E-state index is 0.00129. The van der Waals surface area contributed by atoms with Crippen LogP contribution >= 0.6 is 0 Å². The van der Waals surface area contributed by atoms with E-state index in [1.807, 2.05) is 25.3 Å². The van der Waals surface area contributed by atoms with E-state index in [1.54, 1.807) is 6.33 Å². The van der Waals surface area contributed by atoms with Gasteiger partial charge in [0, 0.05) is 25.1 Å². The van der Waals surface area contributed by atoms with Gasteiger partial charge in [0.2, 0.25) is 5.91 Å². The van der Waals surface area contributed by atoms with E-state index >= 15 is 0 Å². The summed E-state index contributed by atoms with van der Waals surface area (Å²) < 4.78 is 1.98. The molecule has 0 fully saturated rings. The van der Waals surface area contributed by atoms with Gasteiger partial charge in [0.25, 0.3) is 0 Å². The highest BCUT2D eigenvalue weighted by Gasteiger charge is 2.16. The molecule has 0 aliphatic heterocycles. The van der Waals surface area contributed by atoms with Crippen LogP contribution in [0.5, 0.6) is 0 Å². The first-order valence-electron chi connectivity index (χ1n) is 7.70. The summed E-state index contributed by atoms with van der Waals surface area (Å²) in [6, 6.07) is -0.149. The molecule has 0 saturated carbocycles. The Labute approximate surface area is 130 Å². The van der Waals surface area contributed by atoms with Crippen molar-refractivity contribution >= 4 is 5.91 Å². The fourth-order valence-electron chi connectivity index (χ4n) is 2.40. The number of amides is 1. The average molecular weight is 304 g/mol. The predicted molar refractivity (Wildman–Crippen MR) is 83.3 cm³/mol. The highest BCUT2D eigenvalue weighted by Crippen LogP contribution is 2.12. The number of rotatable bonds is 7. The second-order valence-electron chi connectivity index (χ2n) is 5.59. The summed E-state index contributed by atoms with van der Waals surface area (Å²) in [7, 11) is 0. The molecule has 0 bridgehead atoms. The first kappa shape index (κ1) is 16.2. The Balaban J connectivity index is 1.88. The average Bonchev–Trinajstić information content (AvgIpc) is 3.06. The van der Waals surface area contributed by atoms with Gasteiger partial charge in [0.15, 0.2) is 5.82 Å². The highest BCUT2D eigenvalue weighted by atomic mass is 16.1. The maximum Gasteiger partial charge on any atom is 0.220 e. The summed E-state index contributed by atoms with van der Waals surface area (Å²) in [6.45, 7) is 8.88. The van der Waals surface area contributed by atoms with E-state index in [0.717, 1.165) is 35.7 Å². The van der Waals surface area contributed by atoms with Gasteiger partial charge in [-0.3, -0.25) is 9.89 Å². The number of nitrogens with one attached hydrogen (secondary N) is 2. The molecule has 1 unspecified atom stereocenters. The summed E-state index contributed by atoms with van der Waals surface area (Å²) in [5.41, 5.74) is 3.13. The van der Waals surface area contributed by atoms with Crippen LogP contribution < -0.4 is 5.32 Å². The summed E-state index contributed by atoms with van der Waals surface area (Å²) >= 11 is 0. The maximum absolute atomic E-state index is 12.1. The zero-order chi connectivity index (χ0) is 16.1. The third-order valence-corrected chi connectivity index (χ3v) is 3.82. The first-order valence-corrected chi connectivity index (χ1v) is 7.70. The molecular weight excluding hydrogens is 280 g/mol.